The van der Waals surface area contributed by atoms with Crippen molar-refractivity contribution in [3.8, 4) is 0 Å². The van der Waals surface area contributed by atoms with Crippen LogP contribution in [0.15, 0.2) is 0 Å². The number of rotatable bonds is 4. The van der Waals surface area contributed by atoms with Gasteiger partial charge in [-0.15, -0.1) is 0 Å². The van der Waals surface area contributed by atoms with Crippen molar-refractivity contribution in [1.29, 1.82) is 0 Å². The third kappa shape index (κ3) is 7.42. The largest absolute Gasteiger partial charge is 0.411 e. The first-order valence-electron chi connectivity index (χ1n) is 2.56. The number of halogens is 3. The predicted molar refractivity (Wildman–Crippen MR) is 27.2 cm³/mol. The van der Waals surface area contributed by atoms with Crippen molar-refractivity contribution in [2.75, 3.05) is 13.2 Å². The van der Waals surface area contributed by atoms with Crippen molar-refractivity contribution in [1.82, 2.24) is 0 Å². The van der Waals surface area contributed by atoms with Gasteiger partial charge in [0.2, 0.25) is 6.29 Å². The molecular formula is C5H6F3O2. The monoisotopic (exact) mass is 155 g/mol. The zero-order chi connectivity index (χ0) is 8.04. The minimum absolute atomic E-state index is 0.115. The number of hydrogen-bond donors (Lipinski definition) is 0. The van der Waals surface area contributed by atoms with Gasteiger partial charge in [0.15, 0.2) is 0 Å². The van der Waals surface area contributed by atoms with E-state index in [9.17, 15) is 18.0 Å². The Morgan fingerprint density at radius 3 is 2.40 bits per heavy atom. The van der Waals surface area contributed by atoms with Gasteiger partial charge in [-0.2, -0.15) is 13.2 Å². The second-order valence-electron chi connectivity index (χ2n) is 1.56. The Bertz CT molecular complexity index is 99.6. The molecule has 0 rings (SSSR count). The van der Waals surface area contributed by atoms with Crippen molar-refractivity contribution in [3.05, 3.63) is 0 Å². The number of ether oxygens (including phenoxy) is 1. The van der Waals surface area contributed by atoms with E-state index in [-0.39, 0.29) is 13.0 Å². The Balaban J connectivity index is 3.12. The first-order chi connectivity index (χ1) is 4.56. The SMILES string of the molecule is O=[C]CCOCC(F)(F)F. The molecule has 0 aromatic carbocycles. The summed E-state index contributed by atoms with van der Waals surface area (Å²) >= 11 is 0. The van der Waals surface area contributed by atoms with E-state index < -0.39 is 12.8 Å². The highest BCUT2D eigenvalue weighted by molar-refractivity contribution is 5.50. The average molecular weight is 155 g/mol. The summed E-state index contributed by atoms with van der Waals surface area (Å²) in [7, 11) is 0. The minimum Gasteiger partial charge on any atom is -0.372 e. The molecule has 0 heterocycles. The van der Waals surface area contributed by atoms with Crippen LogP contribution < -0.4 is 0 Å². The van der Waals surface area contributed by atoms with Gasteiger partial charge in [0, 0.05) is 6.42 Å². The van der Waals surface area contributed by atoms with Crippen LogP contribution in [0.1, 0.15) is 6.42 Å². The summed E-state index contributed by atoms with van der Waals surface area (Å²) in [6.45, 7) is -1.52. The molecule has 0 fully saturated rings. The molecule has 2 nitrogen and oxygen atoms in total. The molecule has 10 heavy (non-hydrogen) atoms. The van der Waals surface area contributed by atoms with E-state index in [0.29, 0.717) is 0 Å². The Morgan fingerprint density at radius 1 is 1.40 bits per heavy atom. The molecule has 59 valence electrons. The summed E-state index contributed by atoms with van der Waals surface area (Å²) in [5.41, 5.74) is 0. The molecule has 0 aromatic rings. The molecule has 1 radical (unpaired) electrons. The fourth-order valence-corrected chi connectivity index (χ4v) is 0.302. The van der Waals surface area contributed by atoms with Crippen LogP contribution in [-0.2, 0) is 9.53 Å². The Hall–Kier alpha value is -0.580. The zero-order valence-corrected chi connectivity index (χ0v) is 5.07. The summed E-state index contributed by atoms with van der Waals surface area (Å²) in [6.07, 6.45) is -3.01. The second-order valence-corrected chi connectivity index (χ2v) is 1.56. The first kappa shape index (κ1) is 9.42. The van der Waals surface area contributed by atoms with Crippen LogP contribution in [0.5, 0.6) is 0 Å². The van der Waals surface area contributed by atoms with Crippen LogP contribution in [0.3, 0.4) is 0 Å². The van der Waals surface area contributed by atoms with Gasteiger partial charge in [-0.05, 0) is 0 Å². The second kappa shape index (κ2) is 4.27. The predicted octanol–water partition coefficient (Wildman–Crippen LogP) is 1.07. The van der Waals surface area contributed by atoms with Crippen molar-refractivity contribution >= 4 is 6.29 Å². The Labute approximate surface area is 56.0 Å². The number of hydrogen-bond acceptors (Lipinski definition) is 2. The molecule has 0 aliphatic carbocycles. The van der Waals surface area contributed by atoms with E-state index in [4.69, 9.17) is 0 Å². The van der Waals surface area contributed by atoms with Crippen LogP contribution in [0.2, 0.25) is 0 Å². The molecule has 0 saturated heterocycles. The molecule has 0 atom stereocenters. The topological polar surface area (TPSA) is 26.3 Å². The highest BCUT2D eigenvalue weighted by atomic mass is 19.4. The molecule has 0 saturated carbocycles. The maximum absolute atomic E-state index is 11.3. The highest BCUT2D eigenvalue weighted by Gasteiger charge is 2.26. The summed E-state index contributed by atoms with van der Waals surface area (Å²) in [5.74, 6) is 0. The quantitative estimate of drug-likeness (QED) is 0.567. The molecular weight excluding hydrogens is 149 g/mol. The van der Waals surface area contributed by atoms with Crippen LogP contribution in [0, 0.1) is 0 Å². The zero-order valence-electron chi connectivity index (χ0n) is 5.07. The van der Waals surface area contributed by atoms with Gasteiger partial charge in [0.05, 0.1) is 6.61 Å². The lowest BCUT2D eigenvalue weighted by atomic mass is 10.5. The van der Waals surface area contributed by atoms with Gasteiger partial charge in [-0.3, -0.25) is 4.79 Å². The van der Waals surface area contributed by atoms with Gasteiger partial charge < -0.3 is 4.74 Å². The summed E-state index contributed by atoms with van der Waals surface area (Å²) in [5, 5.41) is 0. The van der Waals surface area contributed by atoms with Crippen molar-refractivity contribution in [3.63, 3.8) is 0 Å². The molecule has 0 N–H and O–H groups in total. The summed E-state index contributed by atoms with van der Waals surface area (Å²) in [6, 6.07) is 0. The van der Waals surface area contributed by atoms with E-state index in [0.717, 1.165) is 0 Å². The number of carbonyl (C=O) groups excluding carboxylic acids is 1. The van der Waals surface area contributed by atoms with Crippen LogP contribution >= 0.6 is 0 Å². The molecule has 0 bridgehead atoms. The van der Waals surface area contributed by atoms with Gasteiger partial charge >= 0.3 is 6.18 Å². The van der Waals surface area contributed by atoms with Gasteiger partial charge in [0.25, 0.3) is 0 Å². The van der Waals surface area contributed by atoms with Crippen molar-refractivity contribution in [2.24, 2.45) is 0 Å². The lowest BCUT2D eigenvalue weighted by Gasteiger charge is -2.04. The molecule has 0 aliphatic rings. The summed E-state index contributed by atoms with van der Waals surface area (Å²) < 4.78 is 37.8. The molecule has 0 amide bonds. The van der Waals surface area contributed by atoms with Crippen LogP contribution in [0.4, 0.5) is 13.2 Å². The van der Waals surface area contributed by atoms with Crippen LogP contribution in [-0.4, -0.2) is 25.7 Å². The van der Waals surface area contributed by atoms with Crippen LogP contribution in [0.25, 0.3) is 0 Å². The fourth-order valence-electron chi connectivity index (χ4n) is 0.302. The maximum atomic E-state index is 11.3. The van der Waals surface area contributed by atoms with E-state index in [1.54, 1.807) is 0 Å². The van der Waals surface area contributed by atoms with Crippen molar-refractivity contribution in [2.45, 2.75) is 12.6 Å². The molecule has 0 spiro atoms. The molecule has 0 unspecified atom stereocenters. The Kier molecular flexibility index (Phi) is 4.02. The molecule has 0 aromatic heterocycles. The lowest BCUT2D eigenvalue weighted by molar-refractivity contribution is -0.173. The minimum atomic E-state index is -4.30. The van der Waals surface area contributed by atoms with E-state index in [2.05, 4.69) is 4.74 Å². The highest BCUT2D eigenvalue weighted by Crippen LogP contribution is 2.14. The maximum Gasteiger partial charge on any atom is 0.411 e. The normalized spacial score (nSPS) is 11.5. The van der Waals surface area contributed by atoms with E-state index >= 15 is 0 Å². The Morgan fingerprint density at radius 2 is 2.00 bits per heavy atom. The molecule has 5 heteroatoms. The fraction of sp³-hybridized carbons (Fsp3) is 0.800. The standard InChI is InChI=1S/C5H6F3O2/c6-5(7,8)4-10-3-1-2-9/h1,3-4H2. The lowest BCUT2D eigenvalue weighted by Crippen LogP contribution is -2.17. The van der Waals surface area contributed by atoms with Gasteiger partial charge in [-0.25, -0.2) is 0 Å². The first-order valence-corrected chi connectivity index (χ1v) is 2.56. The van der Waals surface area contributed by atoms with Gasteiger partial charge in [-0.1, -0.05) is 0 Å². The third-order valence-electron chi connectivity index (χ3n) is 0.614. The van der Waals surface area contributed by atoms with E-state index in [1.165, 1.54) is 6.29 Å². The van der Waals surface area contributed by atoms with Crippen molar-refractivity contribution < 1.29 is 22.7 Å². The van der Waals surface area contributed by atoms with Gasteiger partial charge in [0.1, 0.15) is 6.61 Å². The number of alkyl halides is 3. The average Bonchev–Trinajstić information content (AvgIpc) is 1.78. The summed E-state index contributed by atoms with van der Waals surface area (Å²) in [4.78, 5) is 9.44. The molecule has 0 aliphatic heterocycles. The smallest absolute Gasteiger partial charge is 0.372 e. The van der Waals surface area contributed by atoms with E-state index in [1.807, 2.05) is 0 Å². The third-order valence-corrected chi connectivity index (χ3v) is 0.614.